The van der Waals surface area contributed by atoms with Crippen molar-refractivity contribution in [3.05, 3.63) is 48.2 Å². The quantitative estimate of drug-likeness (QED) is 0.506. The van der Waals surface area contributed by atoms with Crippen molar-refractivity contribution in [2.45, 2.75) is 45.7 Å². The summed E-state index contributed by atoms with van der Waals surface area (Å²) in [4.78, 5) is 31.5. The van der Waals surface area contributed by atoms with Crippen molar-refractivity contribution in [3.63, 3.8) is 0 Å². The lowest BCUT2D eigenvalue weighted by Gasteiger charge is -2.33. The van der Waals surface area contributed by atoms with Gasteiger partial charge in [-0.3, -0.25) is 4.79 Å². The van der Waals surface area contributed by atoms with E-state index in [9.17, 15) is 18.0 Å². The summed E-state index contributed by atoms with van der Waals surface area (Å²) >= 11 is 0. The Hall–Kier alpha value is -3.14. The number of aromatic nitrogens is 1. The third kappa shape index (κ3) is 6.47. The maximum Gasteiger partial charge on any atom is 0.342 e. The minimum Gasteiger partial charge on any atom is -0.494 e. The van der Waals surface area contributed by atoms with Crippen LogP contribution in [0.1, 0.15) is 44.0 Å². The number of sulfone groups is 1. The lowest BCUT2D eigenvalue weighted by Crippen LogP contribution is -2.48. The van der Waals surface area contributed by atoms with Crippen molar-refractivity contribution in [2.75, 3.05) is 30.0 Å². The van der Waals surface area contributed by atoms with E-state index in [2.05, 4.69) is 10.3 Å². The minimum absolute atomic E-state index is 0.0597. The van der Waals surface area contributed by atoms with Crippen LogP contribution in [0.5, 0.6) is 5.75 Å². The van der Waals surface area contributed by atoms with Crippen LogP contribution in [-0.2, 0) is 19.4 Å². The first-order valence-electron chi connectivity index (χ1n) is 11.4. The normalized spacial score (nSPS) is 17.6. The van der Waals surface area contributed by atoms with E-state index in [1.54, 1.807) is 47.5 Å². The molecule has 1 aliphatic heterocycles. The number of nitrogens with one attached hydrogen (secondary N) is 1. The number of hydrogen-bond acceptors (Lipinski definition) is 8. The SMILES string of the molecule is CCOc1ccc(Nc2ncccc2C(=O)OCC(=O)N(C(C)CC)C2CCS(=O)(=O)C2)cc1. The molecule has 0 bridgehead atoms. The van der Waals surface area contributed by atoms with Crippen LogP contribution in [0.2, 0.25) is 0 Å². The van der Waals surface area contributed by atoms with Crippen LogP contribution in [0, 0.1) is 0 Å². The average Bonchev–Trinajstić information content (AvgIpc) is 3.18. The Labute approximate surface area is 200 Å². The summed E-state index contributed by atoms with van der Waals surface area (Å²) in [5.41, 5.74) is 0.889. The summed E-state index contributed by atoms with van der Waals surface area (Å²) < 4.78 is 34.6. The van der Waals surface area contributed by atoms with Crippen LogP contribution in [0.4, 0.5) is 11.5 Å². The monoisotopic (exact) mass is 489 g/mol. The van der Waals surface area contributed by atoms with Gasteiger partial charge in [0.1, 0.15) is 17.1 Å². The first kappa shape index (κ1) is 25.5. The Morgan fingerprint density at radius 2 is 1.94 bits per heavy atom. The van der Waals surface area contributed by atoms with Crippen LogP contribution in [0.15, 0.2) is 42.6 Å². The number of rotatable bonds is 10. The summed E-state index contributed by atoms with van der Waals surface area (Å²) in [6, 6.07) is 9.82. The van der Waals surface area contributed by atoms with Gasteiger partial charge >= 0.3 is 5.97 Å². The van der Waals surface area contributed by atoms with E-state index < -0.39 is 34.4 Å². The largest absolute Gasteiger partial charge is 0.494 e. The van der Waals surface area contributed by atoms with Crippen molar-refractivity contribution in [2.24, 2.45) is 0 Å². The molecule has 9 nitrogen and oxygen atoms in total. The lowest BCUT2D eigenvalue weighted by molar-refractivity contribution is -0.138. The number of carbonyl (C=O) groups excluding carboxylic acids is 2. The third-order valence-electron chi connectivity index (χ3n) is 5.74. The molecule has 184 valence electrons. The third-order valence-corrected chi connectivity index (χ3v) is 7.49. The predicted molar refractivity (Wildman–Crippen MR) is 129 cm³/mol. The van der Waals surface area contributed by atoms with Crippen molar-refractivity contribution in [1.29, 1.82) is 0 Å². The molecule has 0 radical (unpaired) electrons. The standard InChI is InChI=1S/C24H31N3O6S/c1-4-17(3)27(19-12-14-34(30,31)16-19)22(28)15-33-24(29)21-7-6-13-25-23(21)26-18-8-10-20(11-9-18)32-5-2/h6-11,13,17,19H,4-5,12,14-16H2,1-3H3,(H,25,26). The Kier molecular flexibility index (Phi) is 8.49. The van der Waals surface area contributed by atoms with Gasteiger partial charge in [0.15, 0.2) is 16.4 Å². The van der Waals surface area contributed by atoms with Gasteiger partial charge in [-0.15, -0.1) is 0 Å². The fourth-order valence-electron chi connectivity index (χ4n) is 3.89. The Morgan fingerprint density at radius 1 is 1.21 bits per heavy atom. The molecule has 1 aliphatic rings. The number of carbonyl (C=O) groups is 2. The number of esters is 1. The first-order valence-corrected chi connectivity index (χ1v) is 13.2. The number of benzene rings is 1. The lowest BCUT2D eigenvalue weighted by atomic mass is 10.1. The Balaban J connectivity index is 1.67. The van der Waals surface area contributed by atoms with Crippen molar-refractivity contribution in [3.8, 4) is 5.75 Å². The molecule has 1 fully saturated rings. The summed E-state index contributed by atoms with van der Waals surface area (Å²) in [6.07, 6.45) is 2.60. The first-order chi connectivity index (χ1) is 16.2. The zero-order valence-electron chi connectivity index (χ0n) is 19.7. The number of ether oxygens (including phenoxy) is 2. The van der Waals surface area contributed by atoms with Crippen LogP contribution in [-0.4, -0.2) is 67.0 Å². The van der Waals surface area contributed by atoms with Gasteiger partial charge < -0.3 is 19.7 Å². The maximum absolute atomic E-state index is 12.9. The zero-order valence-corrected chi connectivity index (χ0v) is 20.5. The van der Waals surface area contributed by atoms with E-state index in [-0.39, 0.29) is 23.1 Å². The van der Waals surface area contributed by atoms with Gasteiger partial charge in [-0.25, -0.2) is 18.2 Å². The van der Waals surface area contributed by atoms with Gasteiger partial charge in [0, 0.05) is 24.0 Å². The Morgan fingerprint density at radius 3 is 2.56 bits per heavy atom. The molecule has 2 heterocycles. The van der Waals surface area contributed by atoms with E-state index in [1.165, 1.54) is 0 Å². The number of hydrogen-bond donors (Lipinski definition) is 1. The predicted octanol–water partition coefficient (Wildman–Crippen LogP) is 3.19. The van der Waals surface area contributed by atoms with Crippen LogP contribution < -0.4 is 10.1 Å². The highest BCUT2D eigenvalue weighted by molar-refractivity contribution is 7.91. The highest BCUT2D eigenvalue weighted by Gasteiger charge is 2.36. The molecule has 34 heavy (non-hydrogen) atoms. The fourth-order valence-corrected chi connectivity index (χ4v) is 5.60. The van der Waals surface area contributed by atoms with Crippen molar-refractivity contribution in [1.82, 2.24) is 9.88 Å². The topological polar surface area (TPSA) is 115 Å². The van der Waals surface area contributed by atoms with Crippen LogP contribution in [0.25, 0.3) is 0 Å². The molecule has 10 heteroatoms. The van der Waals surface area contributed by atoms with Crippen LogP contribution in [0.3, 0.4) is 0 Å². The highest BCUT2D eigenvalue weighted by atomic mass is 32.2. The molecule has 1 aromatic heterocycles. The van der Waals surface area contributed by atoms with Gasteiger partial charge in [0.05, 0.1) is 18.1 Å². The molecule has 2 atom stereocenters. The molecule has 0 aliphatic carbocycles. The van der Waals surface area contributed by atoms with E-state index in [0.29, 0.717) is 31.0 Å². The number of pyridine rings is 1. The number of anilines is 2. The molecule has 1 N–H and O–H groups in total. The maximum atomic E-state index is 12.9. The smallest absolute Gasteiger partial charge is 0.342 e. The van der Waals surface area contributed by atoms with E-state index in [0.717, 1.165) is 5.75 Å². The molecular weight excluding hydrogens is 458 g/mol. The van der Waals surface area contributed by atoms with Crippen molar-refractivity contribution >= 4 is 33.2 Å². The van der Waals surface area contributed by atoms with Gasteiger partial charge in [0.2, 0.25) is 0 Å². The van der Waals surface area contributed by atoms with Gasteiger partial charge in [-0.2, -0.15) is 0 Å². The van der Waals surface area contributed by atoms with Gasteiger partial charge in [-0.1, -0.05) is 6.92 Å². The van der Waals surface area contributed by atoms with E-state index in [4.69, 9.17) is 9.47 Å². The summed E-state index contributed by atoms with van der Waals surface area (Å²) in [5, 5.41) is 3.08. The summed E-state index contributed by atoms with van der Waals surface area (Å²) in [7, 11) is -3.16. The van der Waals surface area contributed by atoms with Crippen LogP contribution >= 0.6 is 0 Å². The molecule has 1 aromatic carbocycles. The fraction of sp³-hybridized carbons (Fsp3) is 0.458. The van der Waals surface area contributed by atoms with Gasteiger partial charge in [-0.05, 0) is 63.1 Å². The second-order valence-corrected chi connectivity index (χ2v) is 10.4. The number of nitrogens with zero attached hydrogens (tertiary/aromatic N) is 2. The zero-order chi connectivity index (χ0) is 24.7. The Bertz CT molecular complexity index is 1100. The summed E-state index contributed by atoms with van der Waals surface area (Å²) in [5.74, 6) is -0.0744. The molecule has 2 unspecified atom stereocenters. The molecular formula is C24H31N3O6S. The average molecular weight is 490 g/mol. The minimum atomic E-state index is -3.16. The molecule has 2 aromatic rings. The molecule has 1 amide bonds. The number of amides is 1. The second-order valence-electron chi connectivity index (χ2n) is 8.17. The molecule has 3 rings (SSSR count). The van der Waals surface area contributed by atoms with Gasteiger partial charge in [0.25, 0.3) is 5.91 Å². The van der Waals surface area contributed by atoms with E-state index >= 15 is 0 Å². The molecule has 0 saturated carbocycles. The summed E-state index contributed by atoms with van der Waals surface area (Å²) in [6.45, 7) is 5.78. The van der Waals surface area contributed by atoms with Crippen molar-refractivity contribution < 1.29 is 27.5 Å². The van der Waals surface area contributed by atoms with E-state index in [1.807, 2.05) is 20.8 Å². The molecule has 1 saturated heterocycles. The highest BCUT2D eigenvalue weighted by Crippen LogP contribution is 2.23. The molecule has 0 spiro atoms. The second kappa shape index (κ2) is 11.3.